The molecule has 4 N–H and O–H groups in total. The molecule has 1 atom stereocenters. The second-order valence-corrected chi connectivity index (χ2v) is 18.3. The quantitative estimate of drug-likeness (QED) is 0.116. The van der Waals surface area contributed by atoms with Crippen molar-refractivity contribution in [2.75, 3.05) is 0 Å². The molecule has 13 nitrogen and oxygen atoms in total. The van der Waals surface area contributed by atoms with Gasteiger partial charge in [-0.25, -0.2) is 19.6 Å². The zero-order chi connectivity index (χ0) is 49.5. The van der Waals surface area contributed by atoms with Crippen LogP contribution in [-0.4, -0.2) is 49.6 Å². The maximum absolute atomic E-state index is 13.3. The number of aliphatic carboxylic acids is 1. The number of aryl methyl sites for hydroxylation is 5. The van der Waals surface area contributed by atoms with Gasteiger partial charge in [-0.2, -0.15) is 0 Å². The molecule has 6 aliphatic heterocycles. The van der Waals surface area contributed by atoms with Gasteiger partial charge in [0.15, 0.2) is 0 Å². The number of nitrogens with one attached hydrogen (secondary N) is 3. The maximum atomic E-state index is 13.3. The van der Waals surface area contributed by atoms with Gasteiger partial charge in [-0.15, -0.1) is 11.0 Å². The Morgan fingerprint density at radius 3 is 1.77 bits per heavy atom. The number of hydrogen-bond acceptors (Lipinski definition) is 7. The van der Waals surface area contributed by atoms with Crippen LogP contribution in [0.3, 0.4) is 0 Å². The smallest absolute Gasteiger partial charge is 0.408 e. The first-order chi connectivity index (χ1) is 33.1. The summed E-state index contributed by atoms with van der Waals surface area (Å²) < 4.78 is 7.19. The van der Waals surface area contributed by atoms with Gasteiger partial charge in [-0.05, 0) is 122 Å². The molecule has 0 radical (unpaired) electrons. The van der Waals surface area contributed by atoms with E-state index >= 15 is 0 Å². The van der Waals surface area contributed by atoms with Crippen LogP contribution in [0, 0.1) is 19.8 Å². The van der Waals surface area contributed by atoms with E-state index in [0.29, 0.717) is 38.8 Å². The molecular weight excluding hydrogens is 932 g/mol. The standard InChI is InChI=1S/C43H48N6O2.C13H17NO4.Zn/c1-8-30-25(4)36-20-41-33-15-17-43(51)45-23-29-12-10-28(11-13-29)22-44-42(50)16-14-32-26(5)35(18-37(30)48-36)46-38(32)19-34-24(3)31(9-2)39(47-34)21-40(27(33)6)49(41)7;1-9(2)11(12(15)16)14-13(17)18-8-10-6-4-3-5-7-10;/h10-13,18-21H,8-9,14-17,22-23H2,1-7H3,(H3,44,45,46,47,48,50,51);3-7,9,11H,8H2,1-2H3,(H,14,17)(H,15,16);/p-1/t;11-;/m.1./s1. The Balaban J connectivity index is 0.000000359. The number of aromatic nitrogens is 4. The maximum Gasteiger partial charge on any atom is 0.408 e. The third-order valence-corrected chi connectivity index (χ3v) is 13.5. The first-order valence-electron chi connectivity index (χ1n) is 23.9. The van der Waals surface area contributed by atoms with Gasteiger partial charge in [0.2, 0.25) is 11.8 Å². The van der Waals surface area contributed by atoms with Crippen molar-refractivity contribution in [1.82, 2.24) is 35.5 Å². The van der Waals surface area contributed by atoms with Gasteiger partial charge in [-0.3, -0.25) is 9.59 Å². The Morgan fingerprint density at radius 2 is 1.23 bits per heavy atom. The van der Waals surface area contributed by atoms with Crippen molar-refractivity contribution < 1.29 is 48.5 Å². The molecule has 0 fully saturated rings. The number of hydrogen-bond donors (Lipinski definition) is 4. The molecule has 3 amide bonds. The molecule has 11 rings (SSSR count). The Bertz CT molecular complexity index is 3020. The third-order valence-electron chi connectivity index (χ3n) is 13.5. The number of carboxylic acids is 1. The molecule has 5 aromatic rings. The Morgan fingerprint density at radius 1 is 0.714 bits per heavy atom. The van der Waals surface area contributed by atoms with E-state index in [2.05, 4.69) is 93.4 Å². The van der Waals surface area contributed by atoms with E-state index in [1.807, 2.05) is 54.6 Å². The van der Waals surface area contributed by atoms with E-state index in [9.17, 15) is 19.2 Å². The van der Waals surface area contributed by atoms with Crippen LogP contribution in [0.15, 0.2) is 78.9 Å². The van der Waals surface area contributed by atoms with Gasteiger partial charge in [0.1, 0.15) is 12.6 Å². The molecule has 0 unspecified atom stereocenters. The average molecular weight is 997 g/mol. The third kappa shape index (κ3) is 12.0. The topological polar surface area (TPSA) is 179 Å². The van der Waals surface area contributed by atoms with Crippen LogP contribution in [0.25, 0.3) is 44.4 Å². The number of carbonyl (C=O) groups excluding carboxylic acids is 3. The fraction of sp³-hybridized carbons (Fsp3) is 0.357. The molecule has 70 heavy (non-hydrogen) atoms. The Labute approximate surface area is 423 Å². The van der Waals surface area contributed by atoms with Gasteiger partial charge < -0.3 is 35.3 Å². The number of carboxylic acid groups (broad SMARTS) is 1. The van der Waals surface area contributed by atoms with E-state index in [4.69, 9.17) is 24.8 Å². The predicted octanol–water partition coefficient (Wildman–Crippen LogP) is 10.1. The monoisotopic (exact) mass is 994 g/mol. The van der Waals surface area contributed by atoms with Crippen LogP contribution in [-0.2, 0) is 78.2 Å². The Hall–Kier alpha value is -6.66. The summed E-state index contributed by atoms with van der Waals surface area (Å²) in [5.74, 6) is -1.28. The summed E-state index contributed by atoms with van der Waals surface area (Å²) in [5, 5.41) is 17.5. The van der Waals surface area contributed by atoms with E-state index in [1.165, 1.54) is 11.1 Å². The molecule has 14 heteroatoms. The van der Waals surface area contributed by atoms with Crippen LogP contribution in [0.1, 0.15) is 129 Å². The van der Waals surface area contributed by atoms with Crippen LogP contribution in [0.4, 0.5) is 4.79 Å². The van der Waals surface area contributed by atoms with E-state index < -0.39 is 18.1 Å². The minimum atomic E-state index is -1.07. The first-order valence-corrected chi connectivity index (χ1v) is 23.9. The summed E-state index contributed by atoms with van der Waals surface area (Å²) in [4.78, 5) is 64.4. The number of alkyl carbamates (subject to hydrolysis) is 1. The van der Waals surface area contributed by atoms with Gasteiger partial charge in [0.25, 0.3) is 0 Å². The first kappa shape index (κ1) is 52.7. The van der Waals surface area contributed by atoms with Gasteiger partial charge >= 0.3 is 12.1 Å². The predicted molar refractivity (Wildman–Crippen MR) is 272 cm³/mol. The summed E-state index contributed by atoms with van der Waals surface area (Å²) in [6.45, 7) is 17.4. The minimum Gasteiger partial charge on any atom is -0.657 e. The molecular formula is C56H64N7O6Zn-. The summed E-state index contributed by atoms with van der Waals surface area (Å²) in [6, 6.07) is 24.9. The van der Waals surface area contributed by atoms with Crippen molar-refractivity contribution in [3.05, 3.63) is 141 Å². The molecule has 362 valence electrons. The summed E-state index contributed by atoms with van der Waals surface area (Å²) in [6.07, 6.45) is 2.81. The number of nitrogens with zero attached hydrogens (tertiary/aromatic N) is 4. The number of benzene rings is 2. The van der Waals surface area contributed by atoms with Gasteiger partial charge in [0, 0.05) is 63.5 Å². The van der Waals surface area contributed by atoms with E-state index in [1.54, 1.807) is 13.8 Å². The molecule has 12 bridgehead atoms. The molecule has 0 saturated heterocycles. The zero-order valence-corrected chi connectivity index (χ0v) is 45.0. The fourth-order valence-corrected chi connectivity index (χ4v) is 9.26. The summed E-state index contributed by atoms with van der Waals surface area (Å²) in [5.41, 5.74) is 19.5. The fourth-order valence-electron chi connectivity index (χ4n) is 9.26. The number of ether oxygens (including phenoxy) is 1. The van der Waals surface area contributed by atoms with Crippen molar-refractivity contribution in [3.8, 4) is 0 Å². The van der Waals surface area contributed by atoms with Gasteiger partial charge in [-0.1, -0.05) is 106 Å². The summed E-state index contributed by atoms with van der Waals surface area (Å²) in [7, 11) is 2.11. The van der Waals surface area contributed by atoms with Crippen LogP contribution >= 0.6 is 0 Å². The molecule has 6 aliphatic rings. The molecule has 0 spiro atoms. The van der Waals surface area contributed by atoms with Crippen LogP contribution in [0.2, 0.25) is 0 Å². The summed E-state index contributed by atoms with van der Waals surface area (Å²) >= 11 is 0. The zero-order valence-electron chi connectivity index (χ0n) is 42.0. The largest absolute Gasteiger partial charge is 0.657 e. The van der Waals surface area contributed by atoms with Crippen molar-refractivity contribution >= 4 is 68.2 Å². The number of rotatable bonds is 7. The number of amides is 3. The van der Waals surface area contributed by atoms with Crippen molar-refractivity contribution in [1.29, 1.82) is 0 Å². The SMILES string of the molecule is CC(C)[C@@H](NC(=O)OCc1ccccc1)C(=O)O.CCC1=C(C)c2cc3c4c(C)c(cc5nc(cc6[n-]c(cc1n2)c(C)c6CCC(=O)NCc1ccc(cc1)CNC(=O)CC4)C(C)=C5CC)n3C.[Zn]. The molecule has 0 aliphatic carbocycles. The molecule has 0 saturated carbocycles. The van der Waals surface area contributed by atoms with Crippen molar-refractivity contribution in [2.24, 2.45) is 13.0 Å². The number of carbonyl (C=O) groups is 4. The minimum absolute atomic E-state index is 0. The van der Waals surface area contributed by atoms with E-state index in [0.717, 1.165) is 108 Å². The Kier molecular flexibility index (Phi) is 17.5. The van der Waals surface area contributed by atoms with Crippen LogP contribution in [0.5, 0.6) is 0 Å². The second-order valence-electron chi connectivity index (χ2n) is 18.3. The second kappa shape index (κ2) is 23.3. The van der Waals surface area contributed by atoms with Crippen molar-refractivity contribution in [2.45, 2.75) is 120 Å². The molecule has 9 heterocycles. The number of allylic oxidation sites excluding steroid dienone is 4. The van der Waals surface area contributed by atoms with E-state index in [-0.39, 0.29) is 43.8 Å². The average Bonchev–Trinajstić information content (AvgIpc) is 3.98. The molecule has 2 aromatic carbocycles. The molecule has 3 aromatic heterocycles. The van der Waals surface area contributed by atoms with Gasteiger partial charge in [0.05, 0.1) is 22.8 Å². The van der Waals surface area contributed by atoms with Crippen LogP contribution < -0.4 is 20.9 Å². The normalized spacial score (nSPS) is 14.5. The van der Waals surface area contributed by atoms with Crippen molar-refractivity contribution in [3.63, 3.8) is 0 Å².